The molecule has 0 atom stereocenters. The predicted molar refractivity (Wildman–Crippen MR) is 78.5 cm³/mol. The van der Waals surface area contributed by atoms with E-state index in [0.29, 0.717) is 21.2 Å². The Kier molecular flexibility index (Phi) is 3.38. The molecule has 1 heterocycles. The molecule has 1 N–H and O–H groups in total. The zero-order valence-corrected chi connectivity index (χ0v) is 12.6. The van der Waals surface area contributed by atoms with Gasteiger partial charge in [-0.2, -0.15) is 0 Å². The first-order chi connectivity index (χ1) is 9.97. The lowest BCUT2D eigenvalue weighted by molar-refractivity contribution is 0.0697. The number of hydrogen-bond acceptors (Lipinski definition) is 3. The van der Waals surface area contributed by atoms with Crippen LogP contribution in [0.15, 0.2) is 34.8 Å². The molecule has 0 aliphatic rings. The van der Waals surface area contributed by atoms with Gasteiger partial charge in [0.2, 0.25) is 0 Å². The second-order valence-electron chi connectivity index (χ2n) is 4.23. The molecular formula is C13H6BrClFN3O2. The summed E-state index contributed by atoms with van der Waals surface area (Å²) in [6.07, 6.45) is 0. The van der Waals surface area contributed by atoms with E-state index < -0.39 is 11.8 Å². The van der Waals surface area contributed by atoms with Gasteiger partial charge in [-0.15, -0.1) is 5.10 Å². The maximum absolute atomic E-state index is 13.3. The molecule has 5 nitrogen and oxygen atoms in total. The van der Waals surface area contributed by atoms with Gasteiger partial charge in [0.15, 0.2) is 0 Å². The zero-order chi connectivity index (χ0) is 15.1. The van der Waals surface area contributed by atoms with Crippen molar-refractivity contribution in [3.05, 3.63) is 51.2 Å². The molecule has 21 heavy (non-hydrogen) atoms. The molecule has 0 amide bonds. The van der Waals surface area contributed by atoms with E-state index >= 15 is 0 Å². The Bertz CT molecular complexity index is 858. The van der Waals surface area contributed by atoms with Crippen LogP contribution in [-0.2, 0) is 0 Å². The van der Waals surface area contributed by atoms with E-state index in [2.05, 4.69) is 26.2 Å². The Morgan fingerprint density at radius 1 is 1.33 bits per heavy atom. The van der Waals surface area contributed by atoms with Crippen LogP contribution in [0.25, 0.3) is 16.7 Å². The first-order valence-electron chi connectivity index (χ1n) is 5.71. The van der Waals surface area contributed by atoms with Crippen molar-refractivity contribution in [2.75, 3.05) is 0 Å². The van der Waals surface area contributed by atoms with E-state index in [0.717, 1.165) is 6.07 Å². The number of hydrogen-bond donors (Lipinski definition) is 1. The number of carboxylic acids is 1. The summed E-state index contributed by atoms with van der Waals surface area (Å²) in [5.41, 5.74) is 1.46. The summed E-state index contributed by atoms with van der Waals surface area (Å²) >= 11 is 9.28. The average molecular weight is 371 g/mol. The van der Waals surface area contributed by atoms with Crippen LogP contribution in [0.4, 0.5) is 4.39 Å². The summed E-state index contributed by atoms with van der Waals surface area (Å²) < 4.78 is 15.1. The third-order valence-electron chi connectivity index (χ3n) is 2.89. The molecule has 0 unspecified atom stereocenters. The molecule has 0 aliphatic carbocycles. The molecule has 0 fully saturated rings. The number of halogens is 3. The van der Waals surface area contributed by atoms with Crippen LogP contribution in [0.5, 0.6) is 0 Å². The highest BCUT2D eigenvalue weighted by Gasteiger charge is 2.16. The van der Waals surface area contributed by atoms with E-state index in [1.54, 1.807) is 6.07 Å². The average Bonchev–Trinajstić information content (AvgIpc) is 2.80. The molecule has 3 aromatic rings. The first kappa shape index (κ1) is 14.0. The molecule has 0 bridgehead atoms. The van der Waals surface area contributed by atoms with Crippen LogP contribution < -0.4 is 0 Å². The molecule has 0 spiro atoms. The van der Waals surface area contributed by atoms with Crippen LogP contribution in [0.1, 0.15) is 10.4 Å². The molecule has 0 saturated carbocycles. The van der Waals surface area contributed by atoms with Gasteiger partial charge in [0.05, 0.1) is 16.1 Å². The van der Waals surface area contributed by atoms with Gasteiger partial charge in [-0.3, -0.25) is 0 Å². The highest BCUT2D eigenvalue weighted by atomic mass is 79.9. The van der Waals surface area contributed by atoms with Gasteiger partial charge in [-0.1, -0.05) is 16.8 Å². The van der Waals surface area contributed by atoms with Gasteiger partial charge in [0, 0.05) is 4.47 Å². The summed E-state index contributed by atoms with van der Waals surface area (Å²) in [6, 6.07) is 6.81. The fourth-order valence-electron chi connectivity index (χ4n) is 1.95. The highest BCUT2D eigenvalue weighted by Crippen LogP contribution is 2.31. The van der Waals surface area contributed by atoms with Gasteiger partial charge < -0.3 is 5.11 Å². The molecule has 0 aliphatic heterocycles. The van der Waals surface area contributed by atoms with E-state index in [4.69, 9.17) is 16.7 Å². The minimum Gasteiger partial charge on any atom is -0.478 e. The summed E-state index contributed by atoms with van der Waals surface area (Å²) in [7, 11) is 0. The number of carboxylic acid groups (broad SMARTS) is 1. The zero-order valence-electron chi connectivity index (χ0n) is 10.2. The van der Waals surface area contributed by atoms with E-state index in [-0.39, 0.29) is 10.6 Å². The quantitative estimate of drug-likeness (QED) is 0.747. The number of aromatic nitrogens is 3. The lowest BCUT2D eigenvalue weighted by atomic mass is 10.2. The van der Waals surface area contributed by atoms with Gasteiger partial charge in [-0.05, 0) is 46.3 Å². The normalized spacial score (nSPS) is 11.0. The summed E-state index contributed by atoms with van der Waals surface area (Å²) in [5, 5.41) is 17.1. The molecule has 1 aromatic heterocycles. The second kappa shape index (κ2) is 5.09. The first-order valence-corrected chi connectivity index (χ1v) is 6.88. The number of aromatic carboxylic acids is 1. The van der Waals surface area contributed by atoms with Gasteiger partial charge in [0.25, 0.3) is 0 Å². The van der Waals surface area contributed by atoms with Crippen LogP contribution in [-0.4, -0.2) is 26.1 Å². The molecule has 106 valence electrons. The number of nitrogens with zero attached hydrogens (tertiary/aromatic N) is 3. The standard InChI is InChI=1S/C13H6BrClFN3O2/c14-8-4-7(16)5-9(15)12(8)19-11-3-6(13(20)21)1-2-10(11)17-18-19/h1-5H,(H,20,21). The summed E-state index contributed by atoms with van der Waals surface area (Å²) in [6.45, 7) is 0. The molecule has 0 radical (unpaired) electrons. The molecule has 2 aromatic carbocycles. The number of carbonyl (C=O) groups is 1. The van der Waals surface area contributed by atoms with Gasteiger partial charge in [-0.25, -0.2) is 13.9 Å². The second-order valence-corrected chi connectivity index (χ2v) is 5.49. The fraction of sp³-hybridized carbons (Fsp3) is 0. The minimum absolute atomic E-state index is 0.0976. The van der Waals surface area contributed by atoms with E-state index in [9.17, 15) is 9.18 Å². The van der Waals surface area contributed by atoms with Crippen LogP contribution in [0, 0.1) is 5.82 Å². The molecule has 3 rings (SSSR count). The Morgan fingerprint density at radius 2 is 2.10 bits per heavy atom. The van der Waals surface area contributed by atoms with Crippen molar-refractivity contribution in [3.63, 3.8) is 0 Å². The number of benzene rings is 2. The van der Waals surface area contributed by atoms with Crippen LogP contribution >= 0.6 is 27.5 Å². The van der Waals surface area contributed by atoms with Crippen molar-refractivity contribution < 1.29 is 14.3 Å². The van der Waals surface area contributed by atoms with Gasteiger partial charge >= 0.3 is 5.97 Å². The van der Waals surface area contributed by atoms with Crippen LogP contribution in [0.2, 0.25) is 5.02 Å². The number of rotatable bonds is 2. The monoisotopic (exact) mass is 369 g/mol. The molecular weight excluding hydrogens is 365 g/mol. The SMILES string of the molecule is O=C(O)c1ccc2nnn(-c3c(Cl)cc(F)cc3Br)c2c1. The maximum Gasteiger partial charge on any atom is 0.335 e. The van der Waals surface area contributed by atoms with Crippen molar-refractivity contribution in [1.82, 2.24) is 15.0 Å². The van der Waals surface area contributed by atoms with Crippen LogP contribution in [0.3, 0.4) is 0 Å². The Hall–Kier alpha value is -1.99. The summed E-state index contributed by atoms with van der Waals surface area (Å²) in [5.74, 6) is -1.56. The fourth-order valence-corrected chi connectivity index (χ4v) is 2.95. The largest absolute Gasteiger partial charge is 0.478 e. The molecule has 8 heteroatoms. The van der Waals surface area contributed by atoms with Crippen molar-refractivity contribution in [2.45, 2.75) is 0 Å². The predicted octanol–water partition coefficient (Wildman–Crippen LogP) is 3.67. The third kappa shape index (κ3) is 2.38. The van der Waals surface area contributed by atoms with E-state index in [1.165, 1.54) is 22.9 Å². The topological polar surface area (TPSA) is 68.0 Å². The Balaban J connectivity index is 2.30. The summed E-state index contributed by atoms with van der Waals surface area (Å²) in [4.78, 5) is 11.1. The highest BCUT2D eigenvalue weighted by molar-refractivity contribution is 9.10. The van der Waals surface area contributed by atoms with E-state index in [1.807, 2.05) is 0 Å². The van der Waals surface area contributed by atoms with Gasteiger partial charge in [0.1, 0.15) is 17.0 Å². The number of fused-ring (bicyclic) bond motifs is 1. The molecule has 0 saturated heterocycles. The van der Waals surface area contributed by atoms with Crippen molar-refractivity contribution >= 4 is 44.5 Å². The van der Waals surface area contributed by atoms with Crippen molar-refractivity contribution in [2.24, 2.45) is 0 Å². The van der Waals surface area contributed by atoms with Crippen molar-refractivity contribution in [3.8, 4) is 5.69 Å². The smallest absolute Gasteiger partial charge is 0.335 e. The maximum atomic E-state index is 13.3. The van der Waals surface area contributed by atoms with Crippen molar-refractivity contribution in [1.29, 1.82) is 0 Å². The Labute approximate surface area is 131 Å². The third-order valence-corrected chi connectivity index (χ3v) is 3.78. The lowest BCUT2D eigenvalue weighted by Gasteiger charge is -2.08. The lowest BCUT2D eigenvalue weighted by Crippen LogP contribution is -2.01. The minimum atomic E-state index is -1.06. The Morgan fingerprint density at radius 3 is 2.76 bits per heavy atom.